The van der Waals surface area contributed by atoms with E-state index in [1.165, 1.54) is 12.1 Å². The molecule has 2 heterocycles. The van der Waals surface area contributed by atoms with Crippen molar-refractivity contribution >= 4 is 27.8 Å². The van der Waals surface area contributed by atoms with E-state index < -0.39 is 40.6 Å². The van der Waals surface area contributed by atoms with Gasteiger partial charge in [-0.25, -0.2) is 13.4 Å². The number of anilines is 1. The molecule has 0 aliphatic carbocycles. The third-order valence-electron chi connectivity index (χ3n) is 5.80. The summed E-state index contributed by atoms with van der Waals surface area (Å²) in [6, 6.07) is 13.9. The number of hydroxylamine groups is 1. The van der Waals surface area contributed by atoms with E-state index in [2.05, 4.69) is 30.8 Å². The Labute approximate surface area is 213 Å². The van der Waals surface area contributed by atoms with E-state index in [4.69, 9.17) is 4.84 Å². The minimum atomic E-state index is -4.15. The van der Waals surface area contributed by atoms with Gasteiger partial charge in [0, 0.05) is 37.9 Å². The topological polar surface area (TPSA) is 175 Å². The van der Waals surface area contributed by atoms with Crippen LogP contribution < -0.4 is 20.8 Å². The Balaban J connectivity index is 1.27. The zero-order valence-electron chi connectivity index (χ0n) is 19.8. The Hall–Kier alpha value is -3.78. The molecule has 0 bridgehead atoms. The van der Waals surface area contributed by atoms with E-state index in [0.717, 1.165) is 11.1 Å². The van der Waals surface area contributed by atoms with E-state index in [0.29, 0.717) is 25.3 Å². The highest BCUT2D eigenvalue weighted by Crippen LogP contribution is 2.21. The molecule has 1 saturated heterocycles. The molecule has 37 heavy (non-hydrogen) atoms. The van der Waals surface area contributed by atoms with Crippen LogP contribution in [0.1, 0.15) is 12.8 Å². The van der Waals surface area contributed by atoms with Crippen molar-refractivity contribution in [3.8, 4) is 11.1 Å². The fraction of sp³-hybridized carbons (Fsp3) is 0.292. The van der Waals surface area contributed by atoms with Gasteiger partial charge < -0.3 is 20.7 Å². The number of carboxylic acids is 1. The molecule has 13 heteroatoms. The molecule has 6 N–H and O–H groups in total. The maximum atomic E-state index is 12.8. The molecule has 2 aromatic carbocycles. The van der Waals surface area contributed by atoms with Gasteiger partial charge in [0.25, 0.3) is 5.91 Å². The molecule has 1 fully saturated rings. The minimum absolute atomic E-state index is 0.0842. The molecular weight excluding hydrogens is 500 g/mol. The lowest BCUT2D eigenvalue weighted by molar-refractivity contribution is -0.139. The number of hydrogen-bond donors (Lipinski definition) is 6. The summed E-state index contributed by atoms with van der Waals surface area (Å²) in [6.45, 7) is 0.151. The number of nitrogens with zero attached hydrogens (tertiary/aromatic N) is 1. The zero-order valence-corrected chi connectivity index (χ0v) is 20.6. The molecule has 12 nitrogen and oxygen atoms in total. The van der Waals surface area contributed by atoms with Gasteiger partial charge in [0.15, 0.2) is 12.1 Å². The monoisotopic (exact) mass is 528 g/mol. The number of aromatic nitrogens is 2. The molecule has 3 aromatic rings. The first-order valence-electron chi connectivity index (χ1n) is 11.6. The van der Waals surface area contributed by atoms with E-state index in [1.807, 2.05) is 30.3 Å². The third-order valence-corrected chi connectivity index (χ3v) is 7.29. The van der Waals surface area contributed by atoms with Gasteiger partial charge in [0.2, 0.25) is 10.0 Å². The summed E-state index contributed by atoms with van der Waals surface area (Å²) in [5.41, 5.74) is 4.54. The van der Waals surface area contributed by atoms with Crippen LogP contribution in [0.4, 0.5) is 5.95 Å². The Bertz CT molecular complexity index is 1290. The molecule has 0 spiro atoms. The van der Waals surface area contributed by atoms with Gasteiger partial charge in [-0.1, -0.05) is 42.5 Å². The average molecular weight is 529 g/mol. The van der Waals surface area contributed by atoms with Crippen LogP contribution in [-0.2, 0) is 24.4 Å². The highest BCUT2D eigenvalue weighted by Gasteiger charge is 2.32. The summed E-state index contributed by atoms with van der Waals surface area (Å²) >= 11 is 0. The number of rotatable bonds is 12. The predicted molar refractivity (Wildman–Crippen MR) is 135 cm³/mol. The molecule has 1 aliphatic rings. The molecule has 3 atom stereocenters. The summed E-state index contributed by atoms with van der Waals surface area (Å²) in [6.07, 6.45) is 3.54. The van der Waals surface area contributed by atoms with Gasteiger partial charge in [0.1, 0.15) is 6.04 Å². The lowest BCUT2D eigenvalue weighted by Gasteiger charge is -2.17. The van der Waals surface area contributed by atoms with Crippen LogP contribution in [0.5, 0.6) is 0 Å². The largest absolute Gasteiger partial charge is 0.480 e. The molecular formula is C24H28N6O6S. The molecule has 0 saturated carbocycles. The van der Waals surface area contributed by atoms with Gasteiger partial charge in [-0.2, -0.15) is 10.2 Å². The lowest BCUT2D eigenvalue weighted by atomic mass is 10.1. The highest BCUT2D eigenvalue weighted by molar-refractivity contribution is 7.89. The summed E-state index contributed by atoms with van der Waals surface area (Å²) in [4.78, 5) is 36.5. The number of carbonyl (C=O) groups is 2. The molecule has 1 aromatic heterocycles. The fourth-order valence-corrected chi connectivity index (χ4v) is 4.99. The highest BCUT2D eigenvalue weighted by atomic mass is 32.2. The van der Waals surface area contributed by atoms with E-state index >= 15 is 0 Å². The first kappa shape index (κ1) is 26.3. The molecule has 196 valence electrons. The fourth-order valence-electron chi connectivity index (χ4n) is 3.81. The minimum Gasteiger partial charge on any atom is -0.480 e. The summed E-state index contributed by atoms with van der Waals surface area (Å²) in [7, 11) is -4.15. The van der Waals surface area contributed by atoms with E-state index in [9.17, 15) is 23.1 Å². The van der Waals surface area contributed by atoms with Crippen LogP contribution in [0, 0.1) is 0 Å². The van der Waals surface area contributed by atoms with Gasteiger partial charge in [-0.05, 0) is 29.7 Å². The standard InChI is InChI=1S/C24H28N6O6S/c31-22(21-14-18(29-36-21)10-11-25-24-26-12-13-27-24)28-15-20(23(32)33)30-37(34,35)19-8-6-17(7-9-19)16-4-2-1-3-5-16/h1-9,12-13,18,20-21,29-30H,10-11,14-15H2,(H,28,31)(H,32,33)(H2,25,26,27). The van der Waals surface area contributed by atoms with Crippen LogP contribution in [-0.4, -0.2) is 66.6 Å². The second kappa shape index (κ2) is 12.0. The molecule has 0 radical (unpaired) electrons. The summed E-state index contributed by atoms with van der Waals surface area (Å²) < 4.78 is 27.7. The number of imidazole rings is 1. The van der Waals surface area contributed by atoms with Gasteiger partial charge >= 0.3 is 5.97 Å². The van der Waals surface area contributed by atoms with Crippen LogP contribution in [0.3, 0.4) is 0 Å². The number of aliphatic carboxylic acids is 1. The van der Waals surface area contributed by atoms with Crippen molar-refractivity contribution in [2.75, 3.05) is 18.4 Å². The van der Waals surface area contributed by atoms with Crippen LogP contribution in [0.25, 0.3) is 11.1 Å². The van der Waals surface area contributed by atoms with Crippen molar-refractivity contribution in [1.82, 2.24) is 25.5 Å². The SMILES string of the molecule is O=C(O)C(CNC(=O)C1CC(CCNc2ncc[nH]2)NO1)NS(=O)(=O)c1ccc(-c2ccccc2)cc1. The first-order valence-corrected chi connectivity index (χ1v) is 13.1. The molecule has 1 amide bonds. The first-order chi connectivity index (χ1) is 17.8. The van der Waals surface area contributed by atoms with Crippen LogP contribution in [0.15, 0.2) is 71.9 Å². The lowest BCUT2D eigenvalue weighted by Crippen LogP contribution is -2.49. The predicted octanol–water partition coefficient (Wildman–Crippen LogP) is 1.09. The zero-order chi connectivity index (χ0) is 26.3. The number of H-pyrrole nitrogens is 1. The Morgan fingerprint density at radius 2 is 1.84 bits per heavy atom. The molecule has 3 unspecified atom stereocenters. The summed E-state index contributed by atoms with van der Waals surface area (Å²) in [5, 5.41) is 15.1. The van der Waals surface area contributed by atoms with Crippen molar-refractivity contribution in [3.05, 3.63) is 67.0 Å². The second-order valence-electron chi connectivity index (χ2n) is 8.46. The number of carboxylic acid groups (broad SMARTS) is 1. The van der Waals surface area contributed by atoms with Crippen molar-refractivity contribution in [1.29, 1.82) is 0 Å². The maximum absolute atomic E-state index is 12.8. The van der Waals surface area contributed by atoms with Crippen molar-refractivity contribution in [2.24, 2.45) is 0 Å². The van der Waals surface area contributed by atoms with Crippen LogP contribution >= 0.6 is 0 Å². The van der Waals surface area contributed by atoms with Crippen molar-refractivity contribution in [3.63, 3.8) is 0 Å². The van der Waals surface area contributed by atoms with Gasteiger partial charge in [-0.15, -0.1) is 0 Å². The van der Waals surface area contributed by atoms with Gasteiger partial charge in [0.05, 0.1) is 4.90 Å². The summed E-state index contributed by atoms with van der Waals surface area (Å²) in [5.74, 6) is -1.31. The Morgan fingerprint density at radius 1 is 1.11 bits per heavy atom. The third kappa shape index (κ3) is 7.13. The number of amides is 1. The smallest absolute Gasteiger partial charge is 0.323 e. The maximum Gasteiger partial charge on any atom is 0.323 e. The number of sulfonamides is 1. The molecule has 4 rings (SSSR count). The van der Waals surface area contributed by atoms with Crippen molar-refractivity contribution in [2.45, 2.75) is 35.9 Å². The Morgan fingerprint density at radius 3 is 2.51 bits per heavy atom. The normalized spacial score (nSPS) is 18.3. The van der Waals surface area contributed by atoms with E-state index in [1.54, 1.807) is 24.5 Å². The Kier molecular flexibility index (Phi) is 8.50. The number of aromatic amines is 1. The number of carbonyl (C=O) groups excluding carboxylic acids is 1. The van der Waals surface area contributed by atoms with Crippen molar-refractivity contribution < 1.29 is 28.0 Å². The number of nitrogens with one attached hydrogen (secondary N) is 5. The van der Waals surface area contributed by atoms with Crippen LogP contribution in [0.2, 0.25) is 0 Å². The van der Waals surface area contributed by atoms with Gasteiger partial charge in [-0.3, -0.25) is 14.4 Å². The second-order valence-corrected chi connectivity index (χ2v) is 10.2. The number of benzene rings is 2. The quantitative estimate of drug-likeness (QED) is 0.201. The molecule has 1 aliphatic heterocycles. The van der Waals surface area contributed by atoms with E-state index in [-0.39, 0.29) is 10.9 Å². The number of hydrogen-bond acceptors (Lipinski definition) is 8. The average Bonchev–Trinajstić information content (AvgIpc) is 3.59.